The second kappa shape index (κ2) is 10.8. The quantitative estimate of drug-likeness (QED) is 0.211. The average molecular weight is 434 g/mol. The van der Waals surface area contributed by atoms with Crippen molar-refractivity contribution in [1.82, 2.24) is 0 Å². The summed E-state index contributed by atoms with van der Waals surface area (Å²) >= 11 is 1.41. The molecular weight excluding hydrogens is 394 g/mol. The van der Waals surface area contributed by atoms with E-state index in [-0.39, 0.29) is 25.3 Å². The molecule has 0 spiro atoms. The Labute approximate surface area is 180 Å². The fourth-order valence-corrected chi connectivity index (χ4v) is 4.29. The van der Waals surface area contributed by atoms with Crippen LogP contribution in [0, 0.1) is 16.0 Å². The molecule has 0 aromatic heterocycles. The van der Waals surface area contributed by atoms with Gasteiger partial charge in [-0.1, -0.05) is 6.92 Å². The van der Waals surface area contributed by atoms with E-state index in [0.29, 0.717) is 17.9 Å². The van der Waals surface area contributed by atoms with Crippen molar-refractivity contribution in [3.05, 3.63) is 5.21 Å². The summed E-state index contributed by atoms with van der Waals surface area (Å²) in [6.45, 7) is 12.8. The molecule has 7 nitrogen and oxygen atoms in total. The van der Waals surface area contributed by atoms with Gasteiger partial charge < -0.3 is 19.3 Å². The van der Waals surface area contributed by atoms with Gasteiger partial charge in [0, 0.05) is 11.5 Å². The summed E-state index contributed by atoms with van der Waals surface area (Å²) in [5, 5.41) is 12.2. The SMILES string of the molecule is CCC[N+](C)([O-])C(=O)CCSCC(C)(CC(C)(C)C(=O)OC)C(=O)OC(C)(C)C. The predicted molar refractivity (Wildman–Crippen MR) is 116 cm³/mol. The molecule has 1 amide bonds. The van der Waals surface area contributed by atoms with E-state index >= 15 is 0 Å². The summed E-state index contributed by atoms with van der Waals surface area (Å²) < 4.78 is 9.60. The number of methoxy groups -OCH3 is 1. The molecule has 0 rings (SSSR count). The summed E-state index contributed by atoms with van der Waals surface area (Å²) in [6, 6.07) is 0. The van der Waals surface area contributed by atoms with Gasteiger partial charge in [0.1, 0.15) is 5.60 Å². The van der Waals surface area contributed by atoms with Crippen molar-refractivity contribution >= 4 is 29.6 Å². The molecule has 0 bridgehead atoms. The lowest BCUT2D eigenvalue weighted by molar-refractivity contribution is -0.783. The maximum atomic E-state index is 12.9. The molecule has 0 aliphatic heterocycles. The van der Waals surface area contributed by atoms with Gasteiger partial charge in [0.05, 0.1) is 38.0 Å². The van der Waals surface area contributed by atoms with Crippen LogP contribution < -0.4 is 0 Å². The zero-order valence-corrected chi connectivity index (χ0v) is 20.4. The number of hydrogen-bond donors (Lipinski definition) is 0. The fraction of sp³-hybridized carbons (Fsp3) is 0.857. The van der Waals surface area contributed by atoms with E-state index in [2.05, 4.69) is 0 Å². The molecule has 2 unspecified atom stereocenters. The lowest BCUT2D eigenvalue weighted by Gasteiger charge is -2.36. The van der Waals surface area contributed by atoms with Gasteiger partial charge in [0.2, 0.25) is 0 Å². The second-order valence-corrected chi connectivity index (χ2v) is 10.7. The van der Waals surface area contributed by atoms with Crippen LogP contribution in [-0.2, 0) is 23.9 Å². The van der Waals surface area contributed by atoms with Crippen LogP contribution in [0.1, 0.15) is 67.7 Å². The lowest BCUT2D eigenvalue weighted by atomic mass is 9.75. The molecule has 0 saturated heterocycles. The monoisotopic (exact) mass is 433 g/mol. The minimum atomic E-state index is -0.947. The highest BCUT2D eigenvalue weighted by atomic mass is 32.2. The van der Waals surface area contributed by atoms with Crippen LogP contribution in [0.2, 0.25) is 0 Å². The van der Waals surface area contributed by atoms with Crippen LogP contribution in [0.15, 0.2) is 0 Å². The summed E-state index contributed by atoms with van der Waals surface area (Å²) in [6.07, 6.45) is 1.02. The van der Waals surface area contributed by atoms with Gasteiger partial charge >= 0.3 is 17.8 Å². The molecule has 0 aliphatic rings. The Morgan fingerprint density at radius 2 is 1.59 bits per heavy atom. The smallest absolute Gasteiger partial charge is 0.314 e. The first-order chi connectivity index (χ1) is 13.0. The molecule has 0 N–H and O–H groups in total. The molecule has 0 radical (unpaired) electrons. The predicted octanol–water partition coefficient (Wildman–Crippen LogP) is 3.93. The summed E-state index contributed by atoms with van der Waals surface area (Å²) in [5.41, 5.74) is -2.48. The number of esters is 2. The number of carbonyl (C=O) groups excluding carboxylic acids is 3. The van der Waals surface area contributed by atoms with Crippen molar-refractivity contribution in [2.45, 2.75) is 73.3 Å². The van der Waals surface area contributed by atoms with E-state index in [1.165, 1.54) is 25.9 Å². The maximum Gasteiger partial charge on any atom is 0.314 e. The Morgan fingerprint density at radius 1 is 1.03 bits per heavy atom. The van der Waals surface area contributed by atoms with E-state index in [0.717, 1.165) is 0 Å². The largest absolute Gasteiger partial charge is 0.625 e. The lowest BCUT2D eigenvalue weighted by Crippen LogP contribution is -2.44. The third-order valence-electron chi connectivity index (χ3n) is 4.52. The molecule has 0 heterocycles. The van der Waals surface area contributed by atoms with Crippen LogP contribution in [-0.4, -0.2) is 60.3 Å². The summed E-state index contributed by atoms with van der Waals surface area (Å²) in [7, 11) is 2.70. The first kappa shape index (κ1) is 27.9. The normalized spacial score (nSPS) is 16.5. The van der Waals surface area contributed by atoms with Crippen molar-refractivity contribution in [2.75, 3.05) is 32.2 Å². The zero-order chi connectivity index (χ0) is 23.1. The van der Waals surface area contributed by atoms with E-state index in [1.807, 2.05) is 6.92 Å². The Morgan fingerprint density at radius 3 is 2.03 bits per heavy atom. The standard InChI is InChI=1S/C21H39NO6S/c1-10-12-22(8,26)16(23)11-13-29-15-21(7,18(25)28-19(2,3)4)14-20(5,6)17(24)27-9/h10-15H2,1-9H3. The van der Waals surface area contributed by atoms with Gasteiger partial charge in [0.25, 0.3) is 0 Å². The number of carbonyl (C=O) groups is 3. The van der Waals surface area contributed by atoms with Crippen molar-refractivity contribution in [2.24, 2.45) is 10.8 Å². The van der Waals surface area contributed by atoms with Crippen molar-refractivity contribution < 1.29 is 28.5 Å². The third-order valence-corrected chi connectivity index (χ3v) is 5.85. The molecular formula is C21H39NO6S. The molecule has 29 heavy (non-hydrogen) atoms. The van der Waals surface area contributed by atoms with Gasteiger partial charge in [-0.05, 0) is 54.4 Å². The first-order valence-electron chi connectivity index (χ1n) is 10.0. The van der Waals surface area contributed by atoms with Crippen molar-refractivity contribution in [3.63, 3.8) is 0 Å². The number of thioether (sulfide) groups is 1. The zero-order valence-electron chi connectivity index (χ0n) is 19.5. The minimum absolute atomic E-state index is 0.134. The number of rotatable bonds is 11. The minimum Gasteiger partial charge on any atom is -0.625 e. The molecule has 8 heteroatoms. The Kier molecular flexibility index (Phi) is 10.4. The molecule has 170 valence electrons. The second-order valence-electron chi connectivity index (χ2n) is 9.64. The number of nitrogens with zero attached hydrogens (tertiary/aromatic N) is 1. The van der Waals surface area contributed by atoms with Gasteiger partial charge in [-0.2, -0.15) is 11.8 Å². The highest BCUT2D eigenvalue weighted by molar-refractivity contribution is 7.99. The van der Waals surface area contributed by atoms with Gasteiger partial charge in [-0.15, -0.1) is 0 Å². The van der Waals surface area contributed by atoms with Crippen molar-refractivity contribution in [3.8, 4) is 0 Å². The van der Waals surface area contributed by atoms with Gasteiger partial charge in [-0.3, -0.25) is 9.59 Å². The van der Waals surface area contributed by atoms with Crippen LogP contribution in [0.4, 0.5) is 0 Å². The highest BCUT2D eigenvalue weighted by Crippen LogP contribution is 2.39. The summed E-state index contributed by atoms with van der Waals surface area (Å²) in [4.78, 5) is 37.2. The Balaban J connectivity index is 5.21. The number of quaternary nitrogens is 1. The van der Waals surface area contributed by atoms with E-state index < -0.39 is 33.0 Å². The maximum absolute atomic E-state index is 12.9. The first-order valence-corrected chi connectivity index (χ1v) is 11.2. The molecule has 0 aromatic carbocycles. The Hall–Kier alpha value is -1.12. The van der Waals surface area contributed by atoms with Crippen molar-refractivity contribution in [1.29, 1.82) is 0 Å². The molecule has 0 saturated carbocycles. The molecule has 0 fully saturated rings. The highest BCUT2D eigenvalue weighted by Gasteiger charge is 2.44. The summed E-state index contributed by atoms with van der Waals surface area (Å²) in [5.74, 6) is -0.363. The van der Waals surface area contributed by atoms with Crippen LogP contribution >= 0.6 is 11.8 Å². The average Bonchev–Trinajstić information content (AvgIpc) is 2.55. The van der Waals surface area contributed by atoms with Crippen LogP contribution in [0.25, 0.3) is 0 Å². The third kappa shape index (κ3) is 9.49. The molecule has 0 aliphatic carbocycles. The Bertz CT molecular complexity index is 582. The number of amides is 1. The molecule has 2 atom stereocenters. The van der Waals surface area contributed by atoms with Crippen LogP contribution in [0.5, 0.6) is 0 Å². The topological polar surface area (TPSA) is 92.7 Å². The van der Waals surface area contributed by atoms with E-state index in [4.69, 9.17) is 9.47 Å². The van der Waals surface area contributed by atoms with Gasteiger partial charge in [-0.25, -0.2) is 4.79 Å². The van der Waals surface area contributed by atoms with E-state index in [1.54, 1.807) is 41.5 Å². The van der Waals surface area contributed by atoms with Gasteiger partial charge in [0.15, 0.2) is 0 Å². The number of hydroxylamine groups is 3. The number of hydrogen-bond acceptors (Lipinski definition) is 7. The van der Waals surface area contributed by atoms with Crippen LogP contribution in [0.3, 0.4) is 0 Å². The molecule has 0 aromatic rings. The fourth-order valence-electron chi connectivity index (χ4n) is 3.15. The van der Waals surface area contributed by atoms with E-state index in [9.17, 15) is 19.6 Å². The number of ether oxygens (including phenoxy) is 2.